The van der Waals surface area contributed by atoms with Gasteiger partial charge >= 0.3 is 0 Å². The lowest BCUT2D eigenvalue weighted by molar-refractivity contribution is 0.167. The summed E-state index contributed by atoms with van der Waals surface area (Å²) in [6, 6.07) is 0. The zero-order chi connectivity index (χ0) is 6.91. The number of ether oxygens (including phenoxy) is 1. The molecule has 60 valence electrons. The van der Waals surface area contributed by atoms with Crippen molar-refractivity contribution in [1.82, 2.24) is 0 Å². The van der Waals surface area contributed by atoms with Crippen LogP contribution in [0.2, 0.25) is 0 Å². The van der Waals surface area contributed by atoms with Gasteiger partial charge in [0.2, 0.25) is 0 Å². The van der Waals surface area contributed by atoms with Crippen LogP contribution < -0.4 is 5.73 Å². The van der Waals surface area contributed by atoms with E-state index in [1.807, 2.05) is 0 Å². The van der Waals surface area contributed by atoms with E-state index in [9.17, 15) is 0 Å². The molecule has 0 aromatic rings. The second kappa shape index (κ2) is 3.21. The average Bonchev–Trinajstić information content (AvgIpc) is 2.49. The molecule has 1 aliphatic rings. The smallest absolute Gasteiger partial charge is 0.0992 e. The van der Waals surface area contributed by atoms with Crippen LogP contribution in [-0.2, 0) is 4.74 Å². The number of rotatable bonds is 3. The molecule has 4 heteroatoms. The normalized spacial score (nSPS) is 19.3. The van der Waals surface area contributed by atoms with E-state index >= 15 is 0 Å². The molecule has 0 saturated heterocycles. The number of amidine groups is 1. The minimum absolute atomic E-state index is 0. The van der Waals surface area contributed by atoms with Gasteiger partial charge in [0, 0.05) is 7.11 Å². The molecule has 1 fully saturated rings. The Labute approximate surface area is 66.9 Å². The highest BCUT2D eigenvalue weighted by molar-refractivity contribution is 5.86. The van der Waals surface area contributed by atoms with Crippen molar-refractivity contribution in [2.45, 2.75) is 12.8 Å². The molecule has 0 unspecified atom stereocenters. The van der Waals surface area contributed by atoms with Gasteiger partial charge in [-0.3, -0.25) is 5.41 Å². The molecular formula is C6H13ClN2O. The maximum Gasteiger partial charge on any atom is 0.0992 e. The van der Waals surface area contributed by atoms with E-state index in [1.165, 1.54) is 0 Å². The number of halogens is 1. The molecule has 0 heterocycles. The first-order valence-electron chi connectivity index (χ1n) is 3.05. The number of hydrogen-bond donors (Lipinski definition) is 2. The summed E-state index contributed by atoms with van der Waals surface area (Å²) in [5, 5.41) is 7.16. The van der Waals surface area contributed by atoms with Crippen molar-refractivity contribution < 1.29 is 4.74 Å². The predicted octanol–water partition coefficient (Wildman–Crippen LogP) is 0.771. The van der Waals surface area contributed by atoms with Crippen molar-refractivity contribution in [2.75, 3.05) is 13.7 Å². The van der Waals surface area contributed by atoms with Crippen LogP contribution in [0.5, 0.6) is 0 Å². The molecule has 1 saturated carbocycles. The van der Waals surface area contributed by atoms with Crippen LogP contribution in [0.4, 0.5) is 0 Å². The lowest BCUT2D eigenvalue weighted by Crippen LogP contribution is -2.27. The van der Waals surface area contributed by atoms with Crippen LogP contribution in [0.3, 0.4) is 0 Å². The topological polar surface area (TPSA) is 59.1 Å². The molecule has 0 aromatic heterocycles. The molecule has 0 aliphatic heterocycles. The molecule has 10 heavy (non-hydrogen) atoms. The molecule has 3 N–H and O–H groups in total. The first kappa shape index (κ1) is 9.72. The first-order chi connectivity index (χ1) is 4.21. The fourth-order valence-electron chi connectivity index (χ4n) is 0.919. The highest BCUT2D eigenvalue weighted by Gasteiger charge is 2.45. The summed E-state index contributed by atoms with van der Waals surface area (Å²) in [6.07, 6.45) is 2.05. The molecule has 0 bridgehead atoms. The summed E-state index contributed by atoms with van der Waals surface area (Å²) >= 11 is 0. The second-order valence-corrected chi connectivity index (χ2v) is 2.63. The number of nitrogens with one attached hydrogen (secondary N) is 1. The molecule has 0 aromatic carbocycles. The highest BCUT2D eigenvalue weighted by atomic mass is 35.5. The van der Waals surface area contributed by atoms with E-state index in [0.29, 0.717) is 6.61 Å². The van der Waals surface area contributed by atoms with Crippen LogP contribution >= 0.6 is 12.4 Å². The monoisotopic (exact) mass is 164 g/mol. The van der Waals surface area contributed by atoms with Crippen LogP contribution in [0.15, 0.2) is 0 Å². The van der Waals surface area contributed by atoms with Crippen molar-refractivity contribution in [1.29, 1.82) is 5.41 Å². The Bertz CT molecular complexity index is 134. The third-order valence-electron chi connectivity index (χ3n) is 1.85. The van der Waals surface area contributed by atoms with Crippen molar-refractivity contribution in [3.05, 3.63) is 0 Å². The summed E-state index contributed by atoms with van der Waals surface area (Å²) in [4.78, 5) is 0. The van der Waals surface area contributed by atoms with Gasteiger partial charge in [0.25, 0.3) is 0 Å². The summed E-state index contributed by atoms with van der Waals surface area (Å²) in [5.41, 5.74) is 5.26. The molecule has 0 radical (unpaired) electrons. The lowest BCUT2D eigenvalue weighted by Gasteiger charge is -2.09. The van der Waals surface area contributed by atoms with Crippen LogP contribution in [0, 0.1) is 10.8 Å². The minimum Gasteiger partial charge on any atom is -0.387 e. The fourth-order valence-corrected chi connectivity index (χ4v) is 0.919. The van der Waals surface area contributed by atoms with Crippen molar-refractivity contribution in [2.24, 2.45) is 11.1 Å². The SMILES string of the molecule is COCC1(C(=N)N)CC1.Cl. The molecule has 0 amide bonds. The van der Waals surface area contributed by atoms with Crippen LogP contribution in [0.1, 0.15) is 12.8 Å². The Hall–Kier alpha value is -0.280. The van der Waals surface area contributed by atoms with Gasteiger partial charge in [-0.05, 0) is 12.8 Å². The van der Waals surface area contributed by atoms with E-state index in [2.05, 4.69) is 0 Å². The second-order valence-electron chi connectivity index (χ2n) is 2.63. The van der Waals surface area contributed by atoms with Gasteiger partial charge in [0.05, 0.1) is 17.9 Å². The third-order valence-corrected chi connectivity index (χ3v) is 1.85. The molecule has 1 aliphatic carbocycles. The van der Waals surface area contributed by atoms with E-state index in [1.54, 1.807) is 7.11 Å². The molecule has 0 atom stereocenters. The minimum atomic E-state index is -0.0608. The van der Waals surface area contributed by atoms with Gasteiger partial charge < -0.3 is 10.5 Å². The molecule has 1 rings (SSSR count). The van der Waals surface area contributed by atoms with Gasteiger partial charge in [0.15, 0.2) is 0 Å². The summed E-state index contributed by atoms with van der Waals surface area (Å²) in [6.45, 7) is 0.613. The Morgan fingerprint density at radius 1 is 1.70 bits per heavy atom. The van der Waals surface area contributed by atoms with Gasteiger partial charge in [-0.25, -0.2) is 0 Å². The number of nitrogens with two attached hydrogens (primary N) is 1. The van der Waals surface area contributed by atoms with Crippen LogP contribution in [0.25, 0.3) is 0 Å². The lowest BCUT2D eigenvalue weighted by atomic mass is 10.1. The zero-order valence-corrected chi connectivity index (χ0v) is 6.83. The van der Waals surface area contributed by atoms with Crippen LogP contribution in [-0.4, -0.2) is 19.6 Å². The maximum atomic E-state index is 7.16. The number of hydrogen-bond acceptors (Lipinski definition) is 2. The maximum absolute atomic E-state index is 7.16. The summed E-state index contributed by atoms with van der Waals surface area (Å²) < 4.78 is 4.91. The summed E-state index contributed by atoms with van der Waals surface area (Å²) in [5.74, 6) is 0.282. The molecular weight excluding hydrogens is 152 g/mol. The molecule has 3 nitrogen and oxygen atoms in total. The third kappa shape index (κ3) is 1.61. The number of methoxy groups -OCH3 is 1. The van der Waals surface area contributed by atoms with E-state index < -0.39 is 0 Å². The standard InChI is InChI=1S/C6H12N2O.ClH/c1-9-4-6(2-3-6)5(7)8;/h2-4H2,1H3,(H3,7,8);1H. The summed E-state index contributed by atoms with van der Waals surface area (Å²) in [7, 11) is 1.64. The Balaban J connectivity index is 0.000000810. The van der Waals surface area contributed by atoms with Gasteiger partial charge in [0.1, 0.15) is 0 Å². The Morgan fingerprint density at radius 3 is 2.30 bits per heavy atom. The van der Waals surface area contributed by atoms with Crippen molar-refractivity contribution in [3.63, 3.8) is 0 Å². The average molecular weight is 165 g/mol. The Morgan fingerprint density at radius 2 is 2.20 bits per heavy atom. The van der Waals surface area contributed by atoms with E-state index in [0.717, 1.165) is 12.8 Å². The fraction of sp³-hybridized carbons (Fsp3) is 0.833. The van der Waals surface area contributed by atoms with Crippen molar-refractivity contribution in [3.8, 4) is 0 Å². The van der Waals surface area contributed by atoms with E-state index in [-0.39, 0.29) is 23.7 Å². The van der Waals surface area contributed by atoms with Gasteiger partial charge in [-0.1, -0.05) is 0 Å². The highest BCUT2D eigenvalue weighted by Crippen LogP contribution is 2.45. The zero-order valence-electron chi connectivity index (χ0n) is 6.02. The van der Waals surface area contributed by atoms with Gasteiger partial charge in [-0.2, -0.15) is 0 Å². The largest absolute Gasteiger partial charge is 0.387 e. The van der Waals surface area contributed by atoms with Crippen molar-refractivity contribution >= 4 is 18.2 Å². The quantitative estimate of drug-likeness (QED) is 0.478. The molecule has 0 spiro atoms. The first-order valence-corrected chi connectivity index (χ1v) is 3.05. The van der Waals surface area contributed by atoms with E-state index in [4.69, 9.17) is 15.9 Å². The Kier molecular flexibility index (Phi) is 3.12. The predicted molar refractivity (Wildman–Crippen MR) is 42.7 cm³/mol. The van der Waals surface area contributed by atoms with Gasteiger partial charge in [-0.15, -0.1) is 12.4 Å².